The molecule has 3 rings (SSSR count). The molecule has 0 saturated heterocycles. The third kappa shape index (κ3) is 6.05. The second-order valence-electron chi connectivity index (χ2n) is 6.81. The fourth-order valence-electron chi connectivity index (χ4n) is 2.89. The molecule has 6 nitrogen and oxygen atoms in total. The summed E-state index contributed by atoms with van der Waals surface area (Å²) in [5, 5.41) is 5.29. The molecule has 0 fully saturated rings. The van der Waals surface area contributed by atoms with E-state index in [4.69, 9.17) is 9.47 Å². The van der Waals surface area contributed by atoms with Crippen LogP contribution in [0.4, 0.5) is 4.39 Å². The van der Waals surface area contributed by atoms with Gasteiger partial charge in [-0.05, 0) is 61.0 Å². The summed E-state index contributed by atoms with van der Waals surface area (Å²) in [6, 6.07) is 20.0. The van der Waals surface area contributed by atoms with Gasteiger partial charge >= 0.3 is 0 Å². The highest BCUT2D eigenvalue weighted by atomic mass is 19.1. The topological polar surface area (TPSA) is 76.7 Å². The molecule has 0 spiro atoms. The summed E-state index contributed by atoms with van der Waals surface area (Å²) in [5.41, 5.74) is 0.991. The highest BCUT2D eigenvalue weighted by Crippen LogP contribution is 2.22. The number of carbonyl (C=O) groups is 2. The zero-order valence-corrected chi connectivity index (χ0v) is 17.2. The molecule has 160 valence electrons. The van der Waals surface area contributed by atoms with Crippen LogP contribution >= 0.6 is 0 Å². The number of hydrogen-bond donors (Lipinski definition) is 2. The first-order valence-electron chi connectivity index (χ1n) is 9.70. The van der Waals surface area contributed by atoms with Crippen molar-refractivity contribution in [3.05, 3.63) is 89.7 Å². The fraction of sp³-hybridized carbons (Fsp3) is 0.167. The molecule has 0 heterocycles. The quantitative estimate of drug-likeness (QED) is 0.570. The van der Waals surface area contributed by atoms with Gasteiger partial charge in [0.2, 0.25) is 5.91 Å². The standard InChI is InChI=1S/C24H23FN2O4/c1-16(18-10-13-22(30-2)21(25)14-18)27-23(28)15-26-24(29)17-8-11-20(12-9-17)31-19-6-4-3-5-7-19/h3-14,16H,15H2,1-2H3,(H,26,29)(H,27,28)/t16-/m1/s1. The predicted octanol–water partition coefficient (Wildman–Crippen LogP) is 4.23. The van der Waals surface area contributed by atoms with Gasteiger partial charge in [0.05, 0.1) is 19.7 Å². The third-order valence-corrected chi connectivity index (χ3v) is 4.56. The Balaban J connectivity index is 1.49. The summed E-state index contributed by atoms with van der Waals surface area (Å²) in [4.78, 5) is 24.5. The van der Waals surface area contributed by atoms with E-state index in [1.165, 1.54) is 19.2 Å². The SMILES string of the molecule is COc1ccc([C@@H](C)NC(=O)CNC(=O)c2ccc(Oc3ccccc3)cc2)cc1F. The van der Waals surface area contributed by atoms with E-state index >= 15 is 0 Å². The van der Waals surface area contributed by atoms with Crippen molar-refractivity contribution in [1.29, 1.82) is 0 Å². The molecular formula is C24H23FN2O4. The molecule has 1 atom stereocenters. The lowest BCUT2D eigenvalue weighted by atomic mass is 10.1. The van der Waals surface area contributed by atoms with Crippen molar-refractivity contribution in [2.24, 2.45) is 0 Å². The van der Waals surface area contributed by atoms with Gasteiger partial charge in [0.1, 0.15) is 11.5 Å². The molecule has 2 amide bonds. The molecule has 7 heteroatoms. The number of hydrogen-bond acceptors (Lipinski definition) is 4. The molecule has 2 N–H and O–H groups in total. The smallest absolute Gasteiger partial charge is 0.251 e. The average Bonchev–Trinajstić information content (AvgIpc) is 2.78. The Morgan fingerprint density at radius 1 is 0.968 bits per heavy atom. The molecule has 31 heavy (non-hydrogen) atoms. The van der Waals surface area contributed by atoms with Crippen LogP contribution in [0.5, 0.6) is 17.2 Å². The Kier molecular flexibility index (Phi) is 7.22. The maximum atomic E-state index is 13.8. The lowest BCUT2D eigenvalue weighted by molar-refractivity contribution is -0.120. The number of carbonyl (C=O) groups excluding carboxylic acids is 2. The van der Waals surface area contributed by atoms with E-state index in [0.29, 0.717) is 22.6 Å². The first kappa shape index (κ1) is 21.8. The number of nitrogens with one attached hydrogen (secondary N) is 2. The normalized spacial score (nSPS) is 11.3. The van der Waals surface area contributed by atoms with Gasteiger partial charge in [0.15, 0.2) is 11.6 Å². The number of para-hydroxylation sites is 1. The summed E-state index contributed by atoms with van der Waals surface area (Å²) >= 11 is 0. The van der Waals surface area contributed by atoms with Crippen LogP contribution in [-0.2, 0) is 4.79 Å². The number of methoxy groups -OCH3 is 1. The molecule has 0 aliphatic carbocycles. The Labute approximate surface area is 180 Å². The molecule has 0 bridgehead atoms. The Morgan fingerprint density at radius 3 is 2.29 bits per heavy atom. The molecular weight excluding hydrogens is 399 g/mol. The van der Waals surface area contributed by atoms with Gasteiger partial charge in [0.25, 0.3) is 5.91 Å². The summed E-state index contributed by atoms with van der Waals surface area (Å²) in [5.74, 6) is 0.151. The fourth-order valence-corrected chi connectivity index (χ4v) is 2.89. The minimum atomic E-state index is -0.505. The van der Waals surface area contributed by atoms with Crippen LogP contribution in [0.1, 0.15) is 28.9 Å². The van der Waals surface area contributed by atoms with Crippen LogP contribution in [0.3, 0.4) is 0 Å². The lowest BCUT2D eigenvalue weighted by Crippen LogP contribution is -2.38. The van der Waals surface area contributed by atoms with E-state index in [9.17, 15) is 14.0 Å². The molecule has 0 aliphatic heterocycles. The molecule has 0 aromatic heterocycles. The average molecular weight is 422 g/mol. The number of halogens is 1. The summed E-state index contributed by atoms with van der Waals surface area (Å²) < 4.78 is 24.4. The van der Waals surface area contributed by atoms with E-state index < -0.39 is 11.9 Å². The maximum absolute atomic E-state index is 13.8. The molecule has 0 radical (unpaired) electrons. The summed E-state index contributed by atoms with van der Waals surface area (Å²) in [6.07, 6.45) is 0. The van der Waals surface area contributed by atoms with E-state index in [1.54, 1.807) is 37.3 Å². The number of amides is 2. The van der Waals surface area contributed by atoms with Crippen molar-refractivity contribution < 1.29 is 23.5 Å². The number of benzene rings is 3. The molecule has 0 unspecified atom stereocenters. The van der Waals surface area contributed by atoms with E-state index in [2.05, 4.69) is 10.6 Å². The minimum Gasteiger partial charge on any atom is -0.494 e. The van der Waals surface area contributed by atoms with E-state index in [0.717, 1.165) is 0 Å². The van der Waals surface area contributed by atoms with Gasteiger partial charge in [-0.15, -0.1) is 0 Å². The predicted molar refractivity (Wildman–Crippen MR) is 115 cm³/mol. The first-order valence-corrected chi connectivity index (χ1v) is 9.70. The Hall–Kier alpha value is -3.87. The molecule has 0 aliphatic rings. The highest BCUT2D eigenvalue weighted by Gasteiger charge is 2.14. The number of rotatable bonds is 8. The van der Waals surface area contributed by atoms with Crippen molar-refractivity contribution in [1.82, 2.24) is 10.6 Å². The van der Waals surface area contributed by atoms with Crippen molar-refractivity contribution >= 4 is 11.8 Å². The van der Waals surface area contributed by atoms with Gasteiger partial charge < -0.3 is 20.1 Å². The van der Waals surface area contributed by atoms with E-state index in [1.807, 2.05) is 30.3 Å². The monoisotopic (exact) mass is 422 g/mol. The summed E-state index contributed by atoms with van der Waals surface area (Å²) in [6.45, 7) is 1.52. The van der Waals surface area contributed by atoms with Crippen molar-refractivity contribution in [2.45, 2.75) is 13.0 Å². The van der Waals surface area contributed by atoms with Crippen molar-refractivity contribution in [2.75, 3.05) is 13.7 Å². The third-order valence-electron chi connectivity index (χ3n) is 4.56. The van der Waals surface area contributed by atoms with Crippen LogP contribution in [0, 0.1) is 5.82 Å². The van der Waals surface area contributed by atoms with Crippen molar-refractivity contribution in [3.8, 4) is 17.2 Å². The van der Waals surface area contributed by atoms with Gasteiger partial charge in [-0.3, -0.25) is 9.59 Å². The molecule has 3 aromatic rings. The lowest BCUT2D eigenvalue weighted by Gasteiger charge is -2.15. The highest BCUT2D eigenvalue weighted by molar-refractivity contribution is 5.96. The van der Waals surface area contributed by atoms with Crippen molar-refractivity contribution in [3.63, 3.8) is 0 Å². The largest absolute Gasteiger partial charge is 0.494 e. The van der Waals surface area contributed by atoms with Crippen LogP contribution in [0.15, 0.2) is 72.8 Å². The second-order valence-corrected chi connectivity index (χ2v) is 6.81. The van der Waals surface area contributed by atoms with Crippen LogP contribution in [0.2, 0.25) is 0 Å². The number of ether oxygens (including phenoxy) is 2. The van der Waals surface area contributed by atoms with Gasteiger partial charge in [-0.2, -0.15) is 0 Å². The zero-order chi connectivity index (χ0) is 22.2. The summed E-state index contributed by atoms with van der Waals surface area (Å²) in [7, 11) is 1.38. The molecule has 3 aromatic carbocycles. The first-order chi connectivity index (χ1) is 15.0. The van der Waals surface area contributed by atoms with Gasteiger partial charge in [-0.1, -0.05) is 24.3 Å². The maximum Gasteiger partial charge on any atom is 0.251 e. The Morgan fingerprint density at radius 2 is 1.65 bits per heavy atom. The van der Waals surface area contributed by atoms with Gasteiger partial charge in [0, 0.05) is 5.56 Å². The zero-order valence-electron chi connectivity index (χ0n) is 17.2. The van der Waals surface area contributed by atoms with Crippen LogP contribution in [-0.4, -0.2) is 25.5 Å². The second kappa shape index (κ2) is 10.2. The molecule has 0 saturated carbocycles. The van der Waals surface area contributed by atoms with Crippen LogP contribution < -0.4 is 20.1 Å². The minimum absolute atomic E-state index is 0.134. The van der Waals surface area contributed by atoms with Crippen LogP contribution in [0.25, 0.3) is 0 Å². The Bertz CT molecular complexity index is 1040. The van der Waals surface area contributed by atoms with Gasteiger partial charge in [-0.25, -0.2) is 4.39 Å². The van der Waals surface area contributed by atoms with E-state index in [-0.39, 0.29) is 24.1 Å².